The molecular weight excluding hydrogens is 370 g/mol. The molecule has 2 aromatic heterocycles. The van der Waals surface area contributed by atoms with Crippen LogP contribution in [0.5, 0.6) is 11.5 Å². The van der Waals surface area contributed by atoms with E-state index in [2.05, 4.69) is 50.6 Å². The quantitative estimate of drug-likeness (QED) is 0.531. The van der Waals surface area contributed by atoms with E-state index in [0.717, 1.165) is 47.8 Å². The number of benzene rings is 2. The van der Waals surface area contributed by atoms with E-state index in [0.29, 0.717) is 12.4 Å². The van der Waals surface area contributed by atoms with Crippen LogP contribution in [0.15, 0.2) is 48.0 Å². The number of imidazole rings is 1. The van der Waals surface area contributed by atoms with Crippen molar-refractivity contribution in [2.45, 2.75) is 20.0 Å². The first kappa shape index (κ1) is 17.3. The van der Waals surface area contributed by atoms with E-state index in [4.69, 9.17) is 4.74 Å². The Labute approximate surface area is 167 Å². The van der Waals surface area contributed by atoms with E-state index < -0.39 is 0 Å². The third-order valence-corrected chi connectivity index (χ3v) is 6.10. The summed E-state index contributed by atoms with van der Waals surface area (Å²) in [6.07, 6.45) is 1.88. The fraction of sp³-hybridized carbons (Fsp3) is 0.227. The Morgan fingerprint density at radius 1 is 1.29 bits per heavy atom. The second-order valence-electron chi connectivity index (χ2n) is 7.18. The van der Waals surface area contributed by atoms with Crippen LogP contribution in [-0.2, 0) is 13.1 Å². The molecule has 0 atom stereocenters. The number of fused-ring (bicyclic) bond motifs is 2. The summed E-state index contributed by atoms with van der Waals surface area (Å²) in [6.45, 7) is 4.80. The van der Waals surface area contributed by atoms with E-state index in [1.807, 2.05) is 19.2 Å². The van der Waals surface area contributed by atoms with Crippen molar-refractivity contribution in [3.05, 3.63) is 65.1 Å². The second kappa shape index (κ2) is 6.96. The normalized spacial score (nSPS) is 14.6. The van der Waals surface area contributed by atoms with Crippen LogP contribution >= 0.6 is 11.3 Å². The number of phenols is 1. The van der Waals surface area contributed by atoms with Crippen molar-refractivity contribution in [1.82, 2.24) is 14.9 Å². The standard InChI is InChI=1S/C22H21N3O2S/c1-14-23-10-17(24-14)12-25-6-7-27-22-16(11-25)8-15(9-20(22)26)19-13-28-21-5-3-2-4-18(19)21/h2-5,8-10,13,26H,6-7,11-12H2,1H3,(H,23,24). The van der Waals surface area contributed by atoms with Gasteiger partial charge in [-0.2, -0.15) is 0 Å². The number of thiophene rings is 1. The minimum Gasteiger partial charge on any atom is -0.504 e. The van der Waals surface area contributed by atoms with Crippen LogP contribution in [0, 0.1) is 6.92 Å². The van der Waals surface area contributed by atoms with Crippen LogP contribution < -0.4 is 4.74 Å². The molecule has 1 aliphatic heterocycles. The highest BCUT2D eigenvalue weighted by molar-refractivity contribution is 7.17. The van der Waals surface area contributed by atoms with E-state index >= 15 is 0 Å². The average molecular weight is 391 g/mol. The SMILES string of the molecule is Cc1ncc(CN2CCOc3c(O)cc(-c4csc5ccccc45)cc3C2)[nH]1. The number of ether oxygens (including phenoxy) is 1. The van der Waals surface area contributed by atoms with Crippen molar-refractivity contribution in [3.63, 3.8) is 0 Å². The largest absolute Gasteiger partial charge is 0.504 e. The molecular formula is C22H21N3O2S. The predicted octanol–water partition coefficient (Wildman–Crippen LogP) is 4.70. The zero-order valence-corrected chi connectivity index (χ0v) is 16.4. The summed E-state index contributed by atoms with van der Waals surface area (Å²) in [6, 6.07) is 12.3. The summed E-state index contributed by atoms with van der Waals surface area (Å²) in [5.74, 6) is 1.74. The van der Waals surface area contributed by atoms with E-state index in [-0.39, 0.29) is 5.75 Å². The van der Waals surface area contributed by atoms with Gasteiger partial charge in [-0.25, -0.2) is 4.98 Å². The van der Waals surface area contributed by atoms with Crippen LogP contribution in [0.1, 0.15) is 17.1 Å². The number of hydrogen-bond donors (Lipinski definition) is 2. The fourth-order valence-electron chi connectivity index (χ4n) is 3.84. The predicted molar refractivity (Wildman–Crippen MR) is 112 cm³/mol. The van der Waals surface area contributed by atoms with Gasteiger partial charge < -0.3 is 14.8 Å². The molecule has 0 saturated heterocycles. The second-order valence-corrected chi connectivity index (χ2v) is 8.09. The van der Waals surface area contributed by atoms with Gasteiger partial charge in [0.2, 0.25) is 0 Å². The molecule has 5 nitrogen and oxygen atoms in total. The van der Waals surface area contributed by atoms with Crippen molar-refractivity contribution in [3.8, 4) is 22.6 Å². The Balaban J connectivity index is 1.51. The van der Waals surface area contributed by atoms with Gasteiger partial charge in [0, 0.05) is 52.7 Å². The van der Waals surface area contributed by atoms with E-state index in [1.165, 1.54) is 10.1 Å². The minimum absolute atomic E-state index is 0.210. The maximum Gasteiger partial charge on any atom is 0.165 e. The number of rotatable bonds is 3. The average Bonchev–Trinajstić information content (AvgIpc) is 3.23. The Morgan fingerprint density at radius 2 is 2.18 bits per heavy atom. The molecule has 3 heterocycles. The number of nitrogens with zero attached hydrogens (tertiary/aromatic N) is 2. The van der Waals surface area contributed by atoms with E-state index in [9.17, 15) is 5.11 Å². The third-order valence-electron chi connectivity index (χ3n) is 5.14. The Bertz CT molecular complexity index is 1150. The van der Waals surface area contributed by atoms with Gasteiger partial charge >= 0.3 is 0 Å². The van der Waals surface area contributed by atoms with Gasteiger partial charge in [0.1, 0.15) is 12.4 Å². The first-order valence-corrected chi connectivity index (χ1v) is 10.2. The lowest BCUT2D eigenvalue weighted by Gasteiger charge is -2.18. The first-order valence-electron chi connectivity index (χ1n) is 9.35. The third kappa shape index (κ3) is 3.15. The Hall–Kier alpha value is -2.83. The zero-order chi connectivity index (χ0) is 19.1. The molecule has 0 unspecified atom stereocenters. The fourth-order valence-corrected chi connectivity index (χ4v) is 4.81. The minimum atomic E-state index is 0.210. The first-order chi connectivity index (χ1) is 13.7. The Morgan fingerprint density at radius 3 is 3.04 bits per heavy atom. The highest BCUT2D eigenvalue weighted by Crippen LogP contribution is 2.41. The monoisotopic (exact) mass is 391 g/mol. The number of aryl methyl sites for hydroxylation is 1. The molecule has 0 bridgehead atoms. The molecule has 0 saturated carbocycles. The van der Waals surface area contributed by atoms with Gasteiger partial charge in [-0.1, -0.05) is 18.2 Å². The highest BCUT2D eigenvalue weighted by Gasteiger charge is 2.21. The number of phenolic OH excluding ortho intramolecular Hbond substituents is 1. The van der Waals surface area contributed by atoms with Gasteiger partial charge in [-0.3, -0.25) is 4.90 Å². The van der Waals surface area contributed by atoms with Crippen LogP contribution in [0.4, 0.5) is 0 Å². The van der Waals surface area contributed by atoms with Crippen LogP contribution in [0.25, 0.3) is 21.2 Å². The summed E-state index contributed by atoms with van der Waals surface area (Å²) >= 11 is 1.73. The van der Waals surface area contributed by atoms with Crippen molar-refractivity contribution in [2.75, 3.05) is 13.2 Å². The lowest BCUT2D eigenvalue weighted by Crippen LogP contribution is -2.25. The molecule has 1 aliphatic rings. The smallest absolute Gasteiger partial charge is 0.165 e. The summed E-state index contributed by atoms with van der Waals surface area (Å²) in [5.41, 5.74) is 4.28. The molecule has 0 fully saturated rings. The molecule has 0 spiro atoms. The lowest BCUT2D eigenvalue weighted by atomic mass is 10.0. The maximum absolute atomic E-state index is 10.7. The molecule has 6 heteroatoms. The van der Waals surface area contributed by atoms with Gasteiger partial charge in [0.15, 0.2) is 11.5 Å². The van der Waals surface area contributed by atoms with Gasteiger partial charge in [0.25, 0.3) is 0 Å². The van der Waals surface area contributed by atoms with E-state index in [1.54, 1.807) is 11.3 Å². The van der Waals surface area contributed by atoms with Crippen LogP contribution in [0.3, 0.4) is 0 Å². The summed E-state index contributed by atoms with van der Waals surface area (Å²) in [7, 11) is 0. The number of aromatic hydroxyl groups is 1. The highest BCUT2D eigenvalue weighted by atomic mass is 32.1. The van der Waals surface area contributed by atoms with Crippen molar-refractivity contribution in [2.24, 2.45) is 0 Å². The number of hydrogen-bond acceptors (Lipinski definition) is 5. The topological polar surface area (TPSA) is 61.4 Å². The lowest BCUT2D eigenvalue weighted by molar-refractivity contribution is 0.215. The number of aromatic nitrogens is 2. The van der Waals surface area contributed by atoms with Crippen LogP contribution in [-0.4, -0.2) is 33.1 Å². The van der Waals surface area contributed by atoms with Crippen molar-refractivity contribution in [1.29, 1.82) is 0 Å². The van der Waals surface area contributed by atoms with Crippen LogP contribution in [0.2, 0.25) is 0 Å². The molecule has 2 N–H and O–H groups in total. The molecule has 28 heavy (non-hydrogen) atoms. The number of nitrogens with one attached hydrogen (secondary N) is 1. The summed E-state index contributed by atoms with van der Waals surface area (Å²) in [4.78, 5) is 9.89. The summed E-state index contributed by atoms with van der Waals surface area (Å²) in [5, 5.41) is 14.0. The Kier molecular flexibility index (Phi) is 4.30. The van der Waals surface area contributed by atoms with Gasteiger partial charge in [-0.05, 0) is 36.1 Å². The molecule has 0 aliphatic carbocycles. The van der Waals surface area contributed by atoms with Gasteiger partial charge in [-0.15, -0.1) is 11.3 Å². The molecule has 2 aromatic carbocycles. The molecule has 4 aromatic rings. The number of H-pyrrole nitrogens is 1. The maximum atomic E-state index is 10.7. The number of aromatic amines is 1. The molecule has 142 valence electrons. The molecule has 0 amide bonds. The summed E-state index contributed by atoms with van der Waals surface area (Å²) < 4.78 is 7.15. The van der Waals surface area contributed by atoms with Crippen molar-refractivity contribution >= 4 is 21.4 Å². The molecule has 5 rings (SSSR count). The molecule has 0 radical (unpaired) electrons. The zero-order valence-electron chi connectivity index (χ0n) is 15.6. The van der Waals surface area contributed by atoms with Gasteiger partial charge in [0.05, 0.1) is 0 Å². The van der Waals surface area contributed by atoms with Crippen molar-refractivity contribution < 1.29 is 9.84 Å².